The Hall–Kier alpha value is -2.41. The van der Waals surface area contributed by atoms with Gasteiger partial charge in [-0.2, -0.15) is 0 Å². The number of carbonyl (C=O) groups is 1. The monoisotopic (exact) mass is 306 g/mol. The molecule has 0 aliphatic carbocycles. The summed E-state index contributed by atoms with van der Waals surface area (Å²) in [5.74, 6) is -0.223. The molecular formula is C14H14N2O4S. The molecule has 6 nitrogen and oxygen atoms in total. The molecule has 21 heavy (non-hydrogen) atoms. The number of ether oxygens (including phenoxy) is 1. The minimum Gasteiger partial charge on any atom is -0.490 e. The van der Waals surface area contributed by atoms with Crippen molar-refractivity contribution in [3.05, 3.63) is 55.8 Å². The van der Waals surface area contributed by atoms with Gasteiger partial charge in [-0.1, -0.05) is 0 Å². The van der Waals surface area contributed by atoms with Crippen molar-refractivity contribution in [1.82, 2.24) is 5.32 Å². The zero-order valence-corrected chi connectivity index (χ0v) is 12.4. The number of nitrogens with zero attached hydrogens (tertiary/aromatic N) is 1. The molecule has 0 unspecified atom stereocenters. The summed E-state index contributed by atoms with van der Waals surface area (Å²) < 4.78 is 4.90. The van der Waals surface area contributed by atoms with Crippen molar-refractivity contribution in [3.63, 3.8) is 0 Å². The summed E-state index contributed by atoms with van der Waals surface area (Å²) >= 11 is 1.56. The Balaban J connectivity index is 2.14. The molecule has 2 rings (SSSR count). The highest BCUT2D eigenvalue weighted by atomic mass is 32.1. The van der Waals surface area contributed by atoms with Crippen LogP contribution < -0.4 is 10.1 Å². The van der Waals surface area contributed by atoms with E-state index in [0.29, 0.717) is 6.54 Å². The van der Waals surface area contributed by atoms with E-state index in [4.69, 9.17) is 4.74 Å². The van der Waals surface area contributed by atoms with Gasteiger partial charge in [-0.3, -0.25) is 14.9 Å². The average molecular weight is 306 g/mol. The quantitative estimate of drug-likeness (QED) is 0.680. The molecule has 0 aliphatic rings. The molecular weight excluding hydrogens is 292 g/mol. The molecule has 0 radical (unpaired) electrons. The highest BCUT2D eigenvalue weighted by Crippen LogP contribution is 2.27. The molecule has 1 amide bonds. The summed E-state index contributed by atoms with van der Waals surface area (Å²) in [5.41, 5.74) is 1.12. The fraction of sp³-hybridized carbons (Fsp3) is 0.214. The Bertz CT molecular complexity index is 681. The van der Waals surface area contributed by atoms with Gasteiger partial charge >= 0.3 is 5.69 Å². The van der Waals surface area contributed by atoms with Gasteiger partial charge < -0.3 is 10.1 Å². The molecule has 0 fully saturated rings. The van der Waals surface area contributed by atoms with Crippen LogP contribution >= 0.6 is 11.3 Å². The maximum Gasteiger partial charge on any atom is 0.311 e. The van der Waals surface area contributed by atoms with Crippen LogP contribution in [0.5, 0.6) is 5.75 Å². The summed E-state index contributed by atoms with van der Waals surface area (Å²) in [7, 11) is 1.35. The highest BCUT2D eigenvalue weighted by molar-refractivity contribution is 7.10. The van der Waals surface area contributed by atoms with Crippen molar-refractivity contribution in [2.75, 3.05) is 7.11 Å². The predicted molar refractivity (Wildman–Crippen MR) is 79.9 cm³/mol. The van der Waals surface area contributed by atoms with Gasteiger partial charge in [-0.15, -0.1) is 11.3 Å². The zero-order chi connectivity index (χ0) is 15.4. The number of carbonyl (C=O) groups excluding carboxylic acids is 1. The maximum atomic E-state index is 12.1. The third-order valence-electron chi connectivity index (χ3n) is 3.02. The van der Waals surface area contributed by atoms with Gasteiger partial charge in [0.2, 0.25) is 0 Å². The van der Waals surface area contributed by atoms with Gasteiger partial charge in [0.05, 0.1) is 18.6 Å². The average Bonchev–Trinajstić information content (AvgIpc) is 2.89. The Morgan fingerprint density at radius 2 is 2.19 bits per heavy atom. The first-order chi connectivity index (χ1) is 10.0. The van der Waals surface area contributed by atoms with Gasteiger partial charge in [0.1, 0.15) is 0 Å². The van der Waals surface area contributed by atoms with Crippen molar-refractivity contribution < 1.29 is 14.5 Å². The summed E-state index contributed by atoms with van der Waals surface area (Å²) in [5, 5.41) is 15.6. The van der Waals surface area contributed by atoms with Crippen LogP contribution in [0, 0.1) is 17.0 Å². The van der Waals surface area contributed by atoms with Crippen molar-refractivity contribution >= 4 is 22.9 Å². The van der Waals surface area contributed by atoms with Gasteiger partial charge in [0.25, 0.3) is 5.91 Å². The second-order valence-corrected chi connectivity index (χ2v) is 5.35. The van der Waals surface area contributed by atoms with E-state index in [9.17, 15) is 14.9 Å². The molecule has 0 atom stereocenters. The second kappa shape index (κ2) is 6.36. The Labute approximate surface area is 125 Å². The number of hydrogen-bond donors (Lipinski definition) is 1. The Kier molecular flexibility index (Phi) is 4.54. The number of thiophene rings is 1. The lowest BCUT2D eigenvalue weighted by Gasteiger charge is -2.06. The largest absolute Gasteiger partial charge is 0.490 e. The number of aryl methyl sites for hydroxylation is 1. The standard InChI is InChI=1S/C14H14N2O4S/c1-9-5-6-21-13(9)8-15-14(17)10-3-4-12(20-2)11(7-10)16(18)19/h3-7H,8H2,1-2H3,(H,15,17). The predicted octanol–water partition coefficient (Wildman–Crippen LogP) is 2.90. The number of nitrogens with one attached hydrogen (secondary N) is 1. The van der Waals surface area contributed by atoms with Gasteiger partial charge in [0.15, 0.2) is 5.75 Å². The first-order valence-corrected chi connectivity index (χ1v) is 7.04. The SMILES string of the molecule is COc1ccc(C(=O)NCc2sccc2C)cc1[N+](=O)[O-]. The number of nitro benzene ring substituents is 1. The molecule has 0 bridgehead atoms. The molecule has 0 saturated carbocycles. The highest BCUT2D eigenvalue weighted by Gasteiger charge is 2.18. The molecule has 0 spiro atoms. The maximum absolute atomic E-state index is 12.1. The third kappa shape index (κ3) is 3.38. The summed E-state index contributed by atoms with van der Waals surface area (Å²) in [6, 6.07) is 6.12. The first-order valence-electron chi connectivity index (χ1n) is 6.16. The zero-order valence-electron chi connectivity index (χ0n) is 11.6. The van der Waals surface area contributed by atoms with Gasteiger partial charge in [-0.05, 0) is 36.1 Å². The molecule has 110 valence electrons. The number of nitro groups is 1. The number of hydrogen-bond acceptors (Lipinski definition) is 5. The van der Waals surface area contributed by atoms with E-state index in [1.807, 2.05) is 18.4 Å². The van der Waals surface area contributed by atoms with Crippen LogP contribution in [0.3, 0.4) is 0 Å². The lowest BCUT2D eigenvalue weighted by molar-refractivity contribution is -0.385. The number of rotatable bonds is 5. The van der Waals surface area contributed by atoms with E-state index in [-0.39, 0.29) is 22.9 Å². The summed E-state index contributed by atoms with van der Waals surface area (Å²) in [6.45, 7) is 2.37. The van der Waals surface area contributed by atoms with E-state index in [0.717, 1.165) is 10.4 Å². The van der Waals surface area contributed by atoms with Crippen molar-refractivity contribution in [3.8, 4) is 5.75 Å². The normalized spacial score (nSPS) is 10.2. The van der Waals surface area contributed by atoms with E-state index in [2.05, 4.69) is 5.32 Å². The van der Waals surface area contributed by atoms with Crippen LogP contribution in [0.25, 0.3) is 0 Å². The van der Waals surface area contributed by atoms with Crippen molar-refractivity contribution in [2.45, 2.75) is 13.5 Å². The summed E-state index contributed by atoms with van der Waals surface area (Å²) in [4.78, 5) is 23.5. The first kappa shape index (κ1) is 15.0. The molecule has 1 aromatic carbocycles. The van der Waals surface area contributed by atoms with Crippen molar-refractivity contribution in [2.24, 2.45) is 0 Å². The van der Waals surface area contributed by atoms with Crippen LogP contribution in [-0.4, -0.2) is 17.9 Å². The fourth-order valence-electron chi connectivity index (χ4n) is 1.82. The lowest BCUT2D eigenvalue weighted by Crippen LogP contribution is -2.22. The van der Waals surface area contributed by atoms with Gasteiger partial charge in [0, 0.05) is 16.5 Å². The number of benzene rings is 1. The van der Waals surface area contributed by atoms with Crippen molar-refractivity contribution in [1.29, 1.82) is 0 Å². The van der Waals surface area contributed by atoms with E-state index >= 15 is 0 Å². The minimum atomic E-state index is -0.570. The van der Waals surface area contributed by atoms with Crippen LogP contribution in [0.2, 0.25) is 0 Å². The van der Waals surface area contributed by atoms with Crippen LogP contribution in [0.1, 0.15) is 20.8 Å². The summed E-state index contributed by atoms with van der Waals surface area (Å²) in [6.07, 6.45) is 0. The van der Waals surface area contributed by atoms with E-state index in [1.165, 1.54) is 25.3 Å². The fourth-order valence-corrected chi connectivity index (χ4v) is 2.67. The lowest BCUT2D eigenvalue weighted by atomic mass is 10.1. The van der Waals surface area contributed by atoms with Crippen LogP contribution in [0.15, 0.2) is 29.6 Å². The Morgan fingerprint density at radius 3 is 2.76 bits per heavy atom. The molecule has 1 N–H and O–H groups in total. The number of amides is 1. The van der Waals surface area contributed by atoms with Gasteiger partial charge in [-0.25, -0.2) is 0 Å². The molecule has 0 aliphatic heterocycles. The molecule has 0 saturated heterocycles. The topological polar surface area (TPSA) is 81.5 Å². The second-order valence-electron chi connectivity index (χ2n) is 4.35. The number of methoxy groups -OCH3 is 1. The molecule has 2 aromatic rings. The Morgan fingerprint density at radius 1 is 1.43 bits per heavy atom. The van der Waals surface area contributed by atoms with Crippen LogP contribution in [-0.2, 0) is 6.54 Å². The van der Waals surface area contributed by atoms with Crippen LogP contribution in [0.4, 0.5) is 5.69 Å². The molecule has 1 aromatic heterocycles. The third-order valence-corrected chi connectivity index (χ3v) is 4.04. The molecule has 1 heterocycles. The molecule has 7 heteroatoms. The minimum absolute atomic E-state index is 0.130. The van der Waals surface area contributed by atoms with E-state index in [1.54, 1.807) is 11.3 Å². The smallest absolute Gasteiger partial charge is 0.311 e. The van der Waals surface area contributed by atoms with E-state index < -0.39 is 4.92 Å².